The molecule has 0 unspecified atom stereocenters. The summed E-state index contributed by atoms with van der Waals surface area (Å²) >= 11 is 0. The molecular weight excluding hydrogens is 516 g/mol. The number of amides is 2. The first-order chi connectivity index (χ1) is 20.6. The van der Waals surface area contributed by atoms with Gasteiger partial charge in [0.1, 0.15) is 0 Å². The average molecular weight is 589 g/mol. The number of rotatable bonds is 32. The number of carbonyl (C=O) groups excluding carboxylic acids is 2. The number of hydrogen-bond donors (Lipinski definition) is 2. The van der Waals surface area contributed by atoms with Crippen LogP contribution in [0, 0.1) is 0 Å². The predicted molar refractivity (Wildman–Crippen MR) is 185 cm³/mol. The Labute approximate surface area is 262 Å². The number of allylic oxidation sites excluding steroid dienone is 4. The molecule has 0 aliphatic heterocycles. The van der Waals surface area contributed by atoms with E-state index in [9.17, 15) is 9.59 Å². The zero-order chi connectivity index (χ0) is 30.8. The Morgan fingerprint density at radius 1 is 0.500 bits per heavy atom. The molecule has 0 saturated carbocycles. The van der Waals surface area contributed by atoms with Crippen molar-refractivity contribution in [1.82, 2.24) is 10.6 Å². The van der Waals surface area contributed by atoms with Crippen LogP contribution in [0.3, 0.4) is 0 Å². The van der Waals surface area contributed by atoms with Crippen LogP contribution in [0.15, 0.2) is 24.3 Å². The van der Waals surface area contributed by atoms with Crippen molar-refractivity contribution in [2.24, 2.45) is 0 Å². The van der Waals surface area contributed by atoms with Crippen LogP contribution in [0.2, 0.25) is 0 Å². The van der Waals surface area contributed by atoms with Gasteiger partial charge in [-0.1, -0.05) is 115 Å². The minimum atomic E-state index is 0.191. The summed E-state index contributed by atoms with van der Waals surface area (Å²) in [5.74, 6) is 0.382. The second-order valence-corrected chi connectivity index (χ2v) is 12.6. The zero-order valence-corrected chi connectivity index (χ0v) is 28.5. The molecule has 0 rings (SSSR count). The molecule has 42 heavy (non-hydrogen) atoms. The molecule has 0 aromatic rings. The van der Waals surface area contributed by atoms with E-state index in [-0.39, 0.29) is 17.9 Å². The number of hydrogen-bond acceptors (Lipinski definition) is 2. The maximum absolute atomic E-state index is 12.2. The summed E-state index contributed by atoms with van der Waals surface area (Å²) in [6.07, 6.45) is 41.2. The van der Waals surface area contributed by atoms with E-state index in [1.54, 1.807) is 0 Å². The normalized spacial score (nSPS) is 12.4. The summed E-state index contributed by atoms with van der Waals surface area (Å²) in [5.41, 5.74) is 0. The van der Waals surface area contributed by atoms with Gasteiger partial charge < -0.3 is 10.6 Å². The molecule has 0 fully saturated rings. The number of unbranched alkanes of at least 4 members (excludes halogenated alkanes) is 19. The second kappa shape index (κ2) is 33.9. The van der Waals surface area contributed by atoms with E-state index >= 15 is 0 Å². The highest BCUT2D eigenvalue weighted by Crippen LogP contribution is 2.11. The Balaban J connectivity index is 3.44. The van der Waals surface area contributed by atoms with Gasteiger partial charge in [0.2, 0.25) is 11.8 Å². The molecule has 0 aromatic heterocycles. The third-order valence-electron chi connectivity index (χ3n) is 8.12. The van der Waals surface area contributed by atoms with Crippen LogP contribution >= 0.6 is 0 Å². The van der Waals surface area contributed by atoms with Gasteiger partial charge in [0.25, 0.3) is 0 Å². The summed E-state index contributed by atoms with van der Waals surface area (Å²) < 4.78 is 0. The van der Waals surface area contributed by atoms with E-state index < -0.39 is 0 Å². The van der Waals surface area contributed by atoms with Crippen molar-refractivity contribution in [3.05, 3.63) is 24.3 Å². The van der Waals surface area contributed by atoms with Crippen molar-refractivity contribution in [1.29, 1.82) is 0 Å². The lowest BCUT2D eigenvalue weighted by atomic mass is 10.1. The summed E-state index contributed by atoms with van der Waals surface area (Å²) in [7, 11) is 0. The summed E-state index contributed by atoms with van der Waals surface area (Å²) in [6.45, 7) is 7.36. The Morgan fingerprint density at radius 2 is 0.905 bits per heavy atom. The Hall–Kier alpha value is -1.58. The first-order valence-electron chi connectivity index (χ1n) is 18.5. The number of carbonyl (C=O) groups is 2. The van der Waals surface area contributed by atoms with Crippen LogP contribution in [0.5, 0.6) is 0 Å². The van der Waals surface area contributed by atoms with Gasteiger partial charge >= 0.3 is 0 Å². The van der Waals surface area contributed by atoms with Crippen molar-refractivity contribution >= 4 is 11.8 Å². The van der Waals surface area contributed by atoms with E-state index in [0.717, 1.165) is 51.5 Å². The standard InChI is InChI=1S/C38H72N2O2/c1-4-6-8-10-12-14-16-18-20-22-24-26-28-33-37(41)39-35-31-30-32-36(3)40-38(42)34-29-27-25-23-21-19-17-15-13-11-9-7-5-2/h14-17,36H,4-13,18-35H2,1-3H3,(H,39,41)(H,40,42)/b16-14-,17-15-/t36-/m1/s1. The van der Waals surface area contributed by atoms with Crippen molar-refractivity contribution in [2.75, 3.05) is 6.54 Å². The van der Waals surface area contributed by atoms with Gasteiger partial charge in [-0.3, -0.25) is 9.59 Å². The smallest absolute Gasteiger partial charge is 0.220 e. The molecule has 0 radical (unpaired) electrons. The summed E-state index contributed by atoms with van der Waals surface area (Å²) in [6, 6.07) is 0.211. The first kappa shape index (κ1) is 40.4. The SMILES string of the molecule is CCCCCC/C=C\CCCCCCCC(=O)NCCCC[C@@H](C)NC(=O)CCCCCCC/C=C\CCCCCC. The fraction of sp³-hybridized carbons (Fsp3) is 0.842. The second-order valence-electron chi connectivity index (χ2n) is 12.6. The average Bonchev–Trinajstić information content (AvgIpc) is 2.97. The van der Waals surface area contributed by atoms with Gasteiger partial charge in [-0.15, -0.1) is 0 Å². The van der Waals surface area contributed by atoms with Gasteiger partial charge in [-0.25, -0.2) is 0 Å². The van der Waals surface area contributed by atoms with E-state index in [0.29, 0.717) is 12.8 Å². The third kappa shape index (κ3) is 32.9. The lowest BCUT2D eigenvalue weighted by Gasteiger charge is -2.14. The van der Waals surface area contributed by atoms with E-state index in [2.05, 4.69) is 55.7 Å². The van der Waals surface area contributed by atoms with Crippen LogP contribution < -0.4 is 10.6 Å². The maximum Gasteiger partial charge on any atom is 0.220 e. The molecule has 0 saturated heterocycles. The van der Waals surface area contributed by atoms with Crippen molar-refractivity contribution in [3.8, 4) is 0 Å². The van der Waals surface area contributed by atoms with Crippen LogP contribution in [-0.2, 0) is 9.59 Å². The molecule has 0 aliphatic carbocycles. The number of nitrogens with one attached hydrogen (secondary N) is 2. The molecular formula is C38H72N2O2. The molecule has 246 valence electrons. The van der Waals surface area contributed by atoms with Gasteiger partial charge in [0.05, 0.1) is 0 Å². The Bertz CT molecular complexity index is 643. The molecule has 4 nitrogen and oxygen atoms in total. The largest absolute Gasteiger partial charge is 0.356 e. The highest BCUT2D eigenvalue weighted by atomic mass is 16.2. The predicted octanol–water partition coefficient (Wildman–Crippen LogP) is 11.3. The Kier molecular flexibility index (Phi) is 32.6. The van der Waals surface area contributed by atoms with Crippen molar-refractivity contribution < 1.29 is 9.59 Å². The van der Waals surface area contributed by atoms with Gasteiger partial charge in [-0.05, 0) is 90.4 Å². The lowest BCUT2D eigenvalue weighted by molar-refractivity contribution is -0.122. The monoisotopic (exact) mass is 589 g/mol. The summed E-state index contributed by atoms with van der Waals surface area (Å²) in [5, 5.41) is 6.22. The van der Waals surface area contributed by atoms with Crippen LogP contribution in [0.25, 0.3) is 0 Å². The van der Waals surface area contributed by atoms with E-state index in [1.165, 1.54) is 116 Å². The van der Waals surface area contributed by atoms with Crippen molar-refractivity contribution in [2.45, 2.75) is 200 Å². The third-order valence-corrected chi connectivity index (χ3v) is 8.12. The molecule has 2 N–H and O–H groups in total. The van der Waals surface area contributed by atoms with E-state index in [1.807, 2.05) is 0 Å². The first-order valence-corrected chi connectivity index (χ1v) is 18.5. The van der Waals surface area contributed by atoms with Gasteiger partial charge in [0.15, 0.2) is 0 Å². The molecule has 2 amide bonds. The fourth-order valence-electron chi connectivity index (χ4n) is 5.32. The maximum atomic E-state index is 12.2. The highest BCUT2D eigenvalue weighted by Gasteiger charge is 2.07. The molecule has 4 heteroatoms. The molecule has 1 atom stereocenters. The van der Waals surface area contributed by atoms with Crippen LogP contribution in [-0.4, -0.2) is 24.4 Å². The van der Waals surface area contributed by atoms with E-state index in [4.69, 9.17) is 0 Å². The quantitative estimate of drug-likeness (QED) is 0.0606. The zero-order valence-electron chi connectivity index (χ0n) is 28.5. The molecule has 0 bridgehead atoms. The fourth-order valence-corrected chi connectivity index (χ4v) is 5.32. The molecule has 0 spiro atoms. The summed E-state index contributed by atoms with van der Waals surface area (Å²) in [4.78, 5) is 24.3. The topological polar surface area (TPSA) is 58.2 Å². The minimum Gasteiger partial charge on any atom is -0.356 e. The Morgan fingerprint density at radius 3 is 1.38 bits per heavy atom. The highest BCUT2D eigenvalue weighted by molar-refractivity contribution is 5.76. The minimum absolute atomic E-state index is 0.191. The lowest BCUT2D eigenvalue weighted by Crippen LogP contribution is -2.32. The molecule has 0 aromatic carbocycles. The molecule has 0 aliphatic rings. The molecule has 0 heterocycles. The van der Waals surface area contributed by atoms with Crippen LogP contribution in [0.1, 0.15) is 194 Å². The van der Waals surface area contributed by atoms with Crippen molar-refractivity contribution in [3.63, 3.8) is 0 Å². The van der Waals surface area contributed by atoms with Gasteiger partial charge in [-0.2, -0.15) is 0 Å². The van der Waals surface area contributed by atoms with Crippen LogP contribution in [0.4, 0.5) is 0 Å². The van der Waals surface area contributed by atoms with Gasteiger partial charge in [0, 0.05) is 25.4 Å².